The van der Waals surface area contributed by atoms with E-state index < -0.39 is 0 Å². The minimum absolute atomic E-state index is 0.247. The summed E-state index contributed by atoms with van der Waals surface area (Å²) >= 11 is 0. The number of rotatable bonds is 6. The smallest absolute Gasteiger partial charge is 0.149 e. The number of phenolic OH excluding ortho intramolecular Hbond substituents is 1. The molecule has 8 rings (SSSR count). The van der Waals surface area contributed by atoms with E-state index in [-0.39, 0.29) is 11.2 Å². The number of pyridine rings is 1. The second kappa shape index (κ2) is 11.8. The van der Waals surface area contributed by atoms with Crippen molar-refractivity contribution in [2.75, 3.05) is 0 Å². The van der Waals surface area contributed by atoms with Crippen LogP contribution in [0.3, 0.4) is 0 Å². The van der Waals surface area contributed by atoms with E-state index in [0.717, 1.165) is 73.0 Å². The zero-order valence-corrected chi connectivity index (χ0v) is 28.5. The highest BCUT2D eigenvalue weighted by Gasteiger charge is 2.26. The maximum absolute atomic E-state index is 11.7. The third kappa shape index (κ3) is 5.36. The lowest BCUT2D eigenvalue weighted by Gasteiger charge is -2.22. The Morgan fingerprint density at radius 1 is 0.755 bits per heavy atom. The zero-order valence-electron chi connectivity index (χ0n) is 28.5. The van der Waals surface area contributed by atoms with Crippen LogP contribution < -0.4 is 0 Å². The van der Waals surface area contributed by atoms with Gasteiger partial charge in [-0.2, -0.15) is 0 Å². The first-order valence-electron chi connectivity index (χ1n) is 17.0. The summed E-state index contributed by atoms with van der Waals surface area (Å²) in [6.45, 7) is 10.8. The van der Waals surface area contributed by atoms with Crippen molar-refractivity contribution in [3.05, 3.63) is 133 Å². The van der Waals surface area contributed by atoms with Crippen molar-refractivity contribution in [2.45, 2.75) is 46.5 Å². The maximum atomic E-state index is 11.7. The number of aromatic nitrogens is 3. The third-order valence-electron chi connectivity index (χ3n) is 9.32. The predicted molar refractivity (Wildman–Crippen MR) is 201 cm³/mol. The molecule has 0 aliphatic rings. The fourth-order valence-corrected chi connectivity index (χ4v) is 7.07. The second-order valence-electron chi connectivity index (χ2n) is 14.4. The molecule has 242 valence electrons. The van der Waals surface area contributed by atoms with Gasteiger partial charge in [-0.1, -0.05) is 95.3 Å². The molecule has 49 heavy (non-hydrogen) atoms. The highest BCUT2D eigenvalue weighted by molar-refractivity contribution is 6.13. The fourth-order valence-electron chi connectivity index (χ4n) is 7.07. The summed E-state index contributed by atoms with van der Waals surface area (Å²) in [5.74, 6) is 1.47. The Morgan fingerprint density at radius 2 is 1.51 bits per heavy atom. The number of imidazole rings is 1. The molecule has 0 unspecified atom stereocenters. The molecule has 5 aromatic carbocycles. The minimum atomic E-state index is -0.247. The summed E-state index contributed by atoms with van der Waals surface area (Å²) in [6, 6.07) is 39.4. The molecular weight excluding hydrogens is 603 g/mol. The molecule has 0 atom stereocenters. The molecule has 8 aromatic rings. The summed E-state index contributed by atoms with van der Waals surface area (Å²) in [4.78, 5) is 10.2. The molecule has 0 aliphatic heterocycles. The maximum Gasteiger partial charge on any atom is 0.149 e. The van der Waals surface area contributed by atoms with E-state index in [1.54, 1.807) is 0 Å². The topological polar surface area (TPSA) is 64.1 Å². The van der Waals surface area contributed by atoms with Crippen LogP contribution in [0.5, 0.6) is 5.75 Å². The molecule has 0 amide bonds. The van der Waals surface area contributed by atoms with Crippen molar-refractivity contribution < 1.29 is 9.52 Å². The Balaban J connectivity index is 1.44. The summed E-state index contributed by atoms with van der Waals surface area (Å²) in [5.41, 5.74) is 10.8. The van der Waals surface area contributed by atoms with E-state index >= 15 is 0 Å². The van der Waals surface area contributed by atoms with Crippen molar-refractivity contribution in [1.29, 1.82) is 0 Å². The van der Waals surface area contributed by atoms with Crippen LogP contribution in [-0.4, -0.2) is 19.6 Å². The molecule has 3 heterocycles. The third-order valence-corrected chi connectivity index (χ3v) is 9.32. The molecule has 0 saturated carbocycles. The predicted octanol–water partition coefficient (Wildman–Crippen LogP) is 11.5. The number of hydrogen-bond donors (Lipinski definition) is 1. The monoisotopic (exact) mass is 641 g/mol. The standard InChI is InChI=1S/C44H39N3O2/c1-27(2)23-28-21-22-45-37(24-28)29-25-34-31-15-9-10-20-39(31)49-42(34)35(26-29)32-16-12-19-38-40(32)46-43(47(38)30-13-7-6-8-14-30)33-17-11-18-36(41(33)48)44(3,4)5/h6-22,24-27,48H,23H2,1-5H3. The van der Waals surface area contributed by atoms with Crippen LogP contribution in [0.25, 0.3) is 72.4 Å². The number of nitrogens with zero attached hydrogens (tertiary/aromatic N) is 3. The van der Waals surface area contributed by atoms with Gasteiger partial charge < -0.3 is 9.52 Å². The molecular formula is C44H39N3O2. The van der Waals surface area contributed by atoms with Gasteiger partial charge in [0.1, 0.15) is 22.7 Å². The molecule has 0 saturated heterocycles. The number of aromatic hydroxyl groups is 1. The van der Waals surface area contributed by atoms with Gasteiger partial charge in [0.25, 0.3) is 0 Å². The number of hydrogen-bond acceptors (Lipinski definition) is 4. The molecule has 1 N–H and O–H groups in total. The molecule has 0 fully saturated rings. The summed E-state index contributed by atoms with van der Waals surface area (Å²) < 4.78 is 8.79. The second-order valence-corrected chi connectivity index (χ2v) is 14.4. The number of fused-ring (bicyclic) bond motifs is 4. The Kier molecular flexibility index (Phi) is 7.37. The van der Waals surface area contributed by atoms with Gasteiger partial charge in [-0.25, -0.2) is 4.98 Å². The Labute approximate surface area is 286 Å². The van der Waals surface area contributed by atoms with Crippen LogP contribution in [0.1, 0.15) is 45.7 Å². The van der Waals surface area contributed by atoms with Crippen LogP contribution in [0, 0.1) is 5.92 Å². The van der Waals surface area contributed by atoms with E-state index in [1.807, 2.05) is 54.7 Å². The first kappa shape index (κ1) is 30.6. The lowest BCUT2D eigenvalue weighted by molar-refractivity contribution is 0.448. The molecule has 0 aliphatic carbocycles. The van der Waals surface area contributed by atoms with Crippen LogP contribution in [-0.2, 0) is 11.8 Å². The molecule has 0 bridgehead atoms. The number of phenols is 1. The lowest BCUT2D eigenvalue weighted by Crippen LogP contribution is -2.11. The van der Waals surface area contributed by atoms with Gasteiger partial charge in [0.2, 0.25) is 0 Å². The van der Waals surface area contributed by atoms with E-state index in [4.69, 9.17) is 14.4 Å². The van der Waals surface area contributed by atoms with Crippen molar-refractivity contribution in [1.82, 2.24) is 14.5 Å². The van der Waals surface area contributed by atoms with E-state index in [2.05, 4.69) is 106 Å². The van der Waals surface area contributed by atoms with Crippen LogP contribution in [0.2, 0.25) is 0 Å². The van der Waals surface area contributed by atoms with Crippen molar-refractivity contribution >= 4 is 33.0 Å². The van der Waals surface area contributed by atoms with Crippen LogP contribution >= 0.6 is 0 Å². The SMILES string of the molecule is CC(C)Cc1ccnc(-c2cc(-c3cccc4c3nc(-c3cccc(C(C)(C)C)c3O)n4-c3ccccc3)c3oc4ccccc4c3c2)c1. The quantitative estimate of drug-likeness (QED) is 0.196. The molecule has 5 heteroatoms. The summed E-state index contributed by atoms with van der Waals surface area (Å²) in [5, 5.41) is 13.8. The Hall–Kier alpha value is -5.68. The van der Waals surface area contributed by atoms with E-state index in [9.17, 15) is 5.11 Å². The summed E-state index contributed by atoms with van der Waals surface area (Å²) in [6.07, 6.45) is 2.90. The molecule has 0 radical (unpaired) electrons. The highest BCUT2D eigenvalue weighted by Crippen LogP contribution is 2.44. The summed E-state index contributed by atoms with van der Waals surface area (Å²) in [7, 11) is 0. The average molecular weight is 642 g/mol. The van der Waals surface area contributed by atoms with Gasteiger partial charge in [-0.3, -0.25) is 9.55 Å². The van der Waals surface area contributed by atoms with Crippen molar-refractivity contribution in [3.8, 4) is 45.2 Å². The lowest BCUT2D eigenvalue weighted by atomic mass is 9.85. The first-order valence-corrected chi connectivity index (χ1v) is 17.0. The number of para-hydroxylation sites is 4. The molecule has 5 nitrogen and oxygen atoms in total. The first-order chi connectivity index (χ1) is 23.7. The average Bonchev–Trinajstić information content (AvgIpc) is 3.67. The normalized spacial score (nSPS) is 12.1. The number of benzene rings is 5. The largest absolute Gasteiger partial charge is 0.507 e. The molecule has 0 spiro atoms. The minimum Gasteiger partial charge on any atom is -0.507 e. The van der Waals surface area contributed by atoms with Crippen molar-refractivity contribution in [2.24, 2.45) is 5.92 Å². The van der Waals surface area contributed by atoms with E-state index in [1.165, 1.54) is 5.56 Å². The highest BCUT2D eigenvalue weighted by atomic mass is 16.3. The molecule has 3 aromatic heterocycles. The Morgan fingerprint density at radius 3 is 2.31 bits per heavy atom. The van der Waals surface area contributed by atoms with Gasteiger partial charge in [0, 0.05) is 39.3 Å². The Bertz CT molecular complexity index is 2500. The van der Waals surface area contributed by atoms with E-state index in [0.29, 0.717) is 17.3 Å². The van der Waals surface area contributed by atoms with Gasteiger partial charge in [0.15, 0.2) is 0 Å². The van der Waals surface area contributed by atoms with Crippen molar-refractivity contribution in [3.63, 3.8) is 0 Å². The number of furan rings is 1. The fraction of sp³-hybridized carbons (Fsp3) is 0.182. The van der Waals surface area contributed by atoms with Gasteiger partial charge in [-0.05, 0) is 83.5 Å². The zero-order chi connectivity index (χ0) is 33.9. The van der Waals surface area contributed by atoms with Crippen LogP contribution in [0.4, 0.5) is 0 Å². The van der Waals surface area contributed by atoms with Gasteiger partial charge in [-0.15, -0.1) is 0 Å². The van der Waals surface area contributed by atoms with Crippen LogP contribution in [0.15, 0.2) is 126 Å². The van der Waals surface area contributed by atoms with Gasteiger partial charge in [0.05, 0.1) is 22.3 Å². The van der Waals surface area contributed by atoms with Gasteiger partial charge >= 0.3 is 0 Å².